The summed E-state index contributed by atoms with van der Waals surface area (Å²) in [7, 11) is 1.35. The molecule has 0 spiro atoms. The monoisotopic (exact) mass is 362 g/mol. The highest BCUT2D eigenvalue weighted by molar-refractivity contribution is 9.10. The first kappa shape index (κ1) is 15.2. The van der Waals surface area contributed by atoms with Crippen LogP contribution in [0.5, 0.6) is 5.75 Å². The summed E-state index contributed by atoms with van der Waals surface area (Å²) in [5.41, 5.74) is 0.469. The second-order valence-corrected chi connectivity index (χ2v) is 5.29. The van der Waals surface area contributed by atoms with E-state index in [1.165, 1.54) is 31.4 Å². The summed E-state index contributed by atoms with van der Waals surface area (Å²) >= 11 is 8.88. The number of hydrogen-bond donors (Lipinski definition) is 1. The van der Waals surface area contributed by atoms with Gasteiger partial charge in [-0.25, -0.2) is 8.78 Å². The van der Waals surface area contributed by atoms with Gasteiger partial charge in [0.15, 0.2) is 0 Å². The fourth-order valence-electron chi connectivity index (χ4n) is 1.83. The van der Waals surface area contributed by atoms with Gasteiger partial charge in [0.05, 0.1) is 16.6 Å². The summed E-state index contributed by atoms with van der Waals surface area (Å²) in [6.07, 6.45) is -1.23. The minimum Gasteiger partial charge on any atom is -0.496 e. The predicted octanol–water partition coefficient (Wildman–Crippen LogP) is 4.47. The zero-order valence-electron chi connectivity index (χ0n) is 10.3. The fraction of sp³-hybridized carbons (Fsp3) is 0.143. The Morgan fingerprint density at radius 3 is 2.55 bits per heavy atom. The van der Waals surface area contributed by atoms with Crippen LogP contribution in [0.3, 0.4) is 0 Å². The van der Waals surface area contributed by atoms with E-state index in [-0.39, 0.29) is 26.4 Å². The third kappa shape index (κ3) is 2.80. The molecule has 1 unspecified atom stereocenters. The molecule has 0 fully saturated rings. The highest BCUT2D eigenvalue weighted by Gasteiger charge is 2.21. The third-order valence-electron chi connectivity index (χ3n) is 2.84. The van der Waals surface area contributed by atoms with Crippen LogP contribution in [0.25, 0.3) is 0 Å². The number of methoxy groups -OCH3 is 1. The van der Waals surface area contributed by atoms with Crippen molar-refractivity contribution in [2.45, 2.75) is 6.10 Å². The van der Waals surface area contributed by atoms with Crippen molar-refractivity contribution in [1.29, 1.82) is 0 Å². The van der Waals surface area contributed by atoms with E-state index < -0.39 is 17.7 Å². The highest BCUT2D eigenvalue weighted by Crippen LogP contribution is 2.36. The van der Waals surface area contributed by atoms with Crippen LogP contribution >= 0.6 is 27.5 Å². The number of benzene rings is 2. The predicted molar refractivity (Wildman–Crippen MR) is 76.1 cm³/mol. The van der Waals surface area contributed by atoms with Gasteiger partial charge in [-0.2, -0.15) is 0 Å². The number of rotatable bonds is 3. The summed E-state index contributed by atoms with van der Waals surface area (Å²) < 4.78 is 32.1. The van der Waals surface area contributed by atoms with Gasteiger partial charge in [0.1, 0.15) is 23.5 Å². The molecule has 0 radical (unpaired) electrons. The van der Waals surface area contributed by atoms with E-state index in [2.05, 4.69) is 15.9 Å². The number of ether oxygens (including phenoxy) is 1. The molecule has 6 heteroatoms. The first-order chi connectivity index (χ1) is 9.45. The molecule has 2 nitrogen and oxygen atoms in total. The van der Waals surface area contributed by atoms with Crippen molar-refractivity contribution in [2.24, 2.45) is 0 Å². The Morgan fingerprint density at radius 1 is 1.20 bits per heavy atom. The molecule has 0 aliphatic heterocycles. The minimum absolute atomic E-state index is 0.151. The fourth-order valence-corrected chi connectivity index (χ4v) is 2.42. The van der Waals surface area contributed by atoms with Crippen molar-refractivity contribution in [3.63, 3.8) is 0 Å². The molecule has 0 bridgehead atoms. The van der Waals surface area contributed by atoms with Crippen molar-refractivity contribution in [3.8, 4) is 5.75 Å². The Hall–Kier alpha value is -1.17. The molecule has 1 N–H and O–H groups in total. The average Bonchev–Trinajstić information content (AvgIpc) is 2.43. The van der Waals surface area contributed by atoms with Crippen LogP contribution in [0.2, 0.25) is 5.02 Å². The van der Waals surface area contributed by atoms with Crippen LogP contribution in [0.1, 0.15) is 17.2 Å². The number of aliphatic hydroxyl groups is 1. The van der Waals surface area contributed by atoms with E-state index in [1.807, 2.05) is 0 Å². The lowest BCUT2D eigenvalue weighted by molar-refractivity contribution is 0.214. The zero-order valence-corrected chi connectivity index (χ0v) is 12.7. The molecule has 0 saturated carbocycles. The third-order valence-corrected chi connectivity index (χ3v) is 3.85. The van der Waals surface area contributed by atoms with Crippen molar-refractivity contribution in [1.82, 2.24) is 0 Å². The normalized spacial score (nSPS) is 12.3. The van der Waals surface area contributed by atoms with Crippen LogP contribution in [-0.4, -0.2) is 12.2 Å². The number of hydrogen-bond acceptors (Lipinski definition) is 2. The second kappa shape index (κ2) is 6.08. The van der Waals surface area contributed by atoms with Crippen molar-refractivity contribution >= 4 is 27.5 Å². The van der Waals surface area contributed by atoms with Crippen LogP contribution in [0, 0.1) is 11.6 Å². The van der Waals surface area contributed by atoms with Gasteiger partial charge in [-0.1, -0.05) is 23.7 Å². The topological polar surface area (TPSA) is 29.5 Å². The molecule has 0 aliphatic carbocycles. The highest BCUT2D eigenvalue weighted by atomic mass is 79.9. The lowest BCUT2D eigenvalue weighted by Crippen LogP contribution is -2.05. The molecule has 2 aromatic rings. The van der Waals surface area contributed by atoms with Gasteiger partial charge in [-0.15, -0.1) is 0 Å². The Kier molecular flexibility index (Phi) is 4.62. The minimum atomic E-state index is -1.23. The molecular formula is C14H10BrClF2O2. The SMILES string of the molecule is COc1cc(F)c(Br)cc1C(O)c1cccc(F)c1Cl. The molecular weight excluding hydrogens is 354 g/mol. The average molecular weight is 364 g/mol. The van der Waals surface area contributed by atoms with Gasteiger partial charge in [0, 0.05) is 17.2 Å². The Bertz CT molecular complexity index is 649. The lowest BCUT2D eigenvalue weighted by Gasteiger charge is -2.17. The van der Waals surface area contributed by atoms with Crippen LogP contribution < -0.4 is 4.74 Å². The van der Waals surface area contributed by atoms with E-state index in [0.717, 1.165) is 6.07 Å². The lowest BCUT2D eigenvalue weighted by atomic mass is 10.0. The second-order valence-electron chi connectivity index (χ2n) is 4.05. The summed E-state index contributed by atoms with van der Waals surface area (Å²) in [4.78, 5) is 0. The van der Waals surface area contributed by atoms with E-state index in [4.69, 9.17) is 16.3 Å². The summed E-state index contributed by atoms with van der Waals surface area (Å²) in [5, 5.41) is 10.2. The Balaban J connectivity index is 2.55. The maximum absolute atomic E-state index is 13.5. The smallest absolute Gasteiger partial charge is 0.142 e. The largest absolute Gasteiger partial charge is 0.496 e. The molecule has 0 aromatic heterocycles. The zero-order chi connectivity index (χ0) is 14.9. The van der Waals surface area contributed by atoms with Crippen molar-refractivity contribution in [3.05, 3.63) is 62.6 Å². The van der Waals surface area contributed by atoms with Crippen LogP contribution in [0.15, 0.2) is 34.8 Å². The molecule has 20 heavy (non-hydrogen) atoms. The number of halogens is 4. The van der Waals surface area contributed by atoms with Gasteiger partial charge in [0.2, 0.25) is 0 Å². The molecule has 0 aliphatic rings. The molecule has 2 aromatic carbocycles. The van der Waals surface area contributed by atoms with Crippen molar-refractivity contribution < 1.29 is 18.6 Å². The first-order valence-corrected chi connectivity index (χ1v) is 6.77. The van der Waals surface area contributed by atoms with Crippen LogP contribution in [0.4, 0.5) is 8.78 Å². The Labute approximate surface area is 128 Å². The van der Waals surface area contributed by atoms with Gasteiger partial charge in [-0.3, -0.25) is 0 Å². The van der Waals surface area contributed by atoms with Crippen molar-refractivity contribution in [2.75, 3.05) is 7.11 Å². The molecule has 2 rings (SSSR count). The summed E-state index contributed by atoms with van der Waals surface area (Å²) in [6.45, 7) is 0. The van der Waals surface area contributed by atoms with Crippen LogP contribution in [-0.2, 0) is 0 Å². The van der Waals surface area contributed by atoms with Gasteiger partial charge >= 0.3 is 0 Å². The molecule has 1 atom stereocenters. The molecule has 106 valence electrons. The maximum Gasteiger partial charge on any atom is 0.142 e. The maximum atomic E-state index is 13.5. The van der Waals surface area contributed by atoms with E-state index in [1.54, 1.807) is 0 Å². The Morgan fingerprint density at radius 2 is 1.90 bits per heavy atom. The van der Waals surface area contributed by atoms with Gasteiger partial charge in [0.25, 0.3) is 0 Å². The molecule has 0 saturated heterocycles. The standard InChI is InChI=1S/C14H10BrClF2O2/c1-20-12-6-11(18)9(15)5-8(12)14(19)7-3-2-4-10(17)13(7)16/h2-6,14,19H,1H3. The summed E-state index contributed by atoms with van der Waals surface area (Å²) in [6, 6.07) is 6.63. The first-order valence-electron chi connectivity index (χ1n) is 5.60. The molecule has 0 amide bonds. The van der Waals surface area contributed by atoms with E-state index >= 15 is 0 Å². The van der Waals surface area contributed by atoms with Gasteiger partial charge in [-0.05, 0) is 28.1 Å². The number of aliphatic hydroxyl groups excluding tert-OH is 1. The van der Waals surface area contributed by atoms with Gasteiger partial charge < -0.3 is 9.84 Å². The summed E-state index contributed by atoms with van der Waals surface area (Å²) in [5.74, 6) is -1.01. The quantitative estimate of drug-likeness (QED) is 0.872. The van der Waals surface area contributed by atoms with E-state index in [9.17, 15) is 13.9 Å². The molecule has 0 heterocycles. The van der Waals surface area contributed by atoms with E-state index in [0.29, 0.717) is 0 Å².